The van der Waals surface area contributed by atoms with Crippen molar-refractivity contribution < 1.29 is 19.0 Å². The van der Waals surface area contributed by atoms with Gasteiger partial charge in [-0.3, -0.25) is 4.90 Å². The molecule has 0 unspecified atom stereocenters. The maximum atomic E-state index is 13.0. The number of rotatable bonds is 0. The zero-order chi connectivity index (χ0) is 11.6. The van der Waals surface area contributed by atoms with Crippen LogP contribution < -0.4 is 0 Å². The molecule has 1 heterocycles. The smallest absolute Gasteiger partial charge is 0.414 e. The fourth-order valence-corrected chi connectivity index (χ4v) is 1.35. The van der Waals surface area contributed by atoms with Gasteiger partial charge in [-0.1, -0.05) is 0 Å². The predicted molar refractivity (Wildman–Crippen MR) is 53.2 cm³/mol. The van der Waals surface area contributed by atoms with Crippen molar-refractivity contribution in [2.45, 2.75) is 39.0 Å². The zero-order valence-corrected chi connectivity index (χ0v) is 9.16. The number of amides is 1. The van der Waals surface area contributed by atoms with E-state index in [0.717, 1.165) is 11.2 Å². The first kappa shape index (κ1) is 11.8. The van der Waals surface area contributed by atoms with E-state index in [2.05, 4.69) is 0 Å². The van der Waals surface area contributed by atoms with Gasteiger partial charge in [-0.15, -0.1) is 0 Å². The van der Waals surface area contributed by atoms with Crippen LogP contribution >= 0.6 is 0 Å². The molecule has 0 bridgehead atoms. The van der Waals surface area contributed by atoms with E-state index in [-0.39, 0.29) is 18.7 Å². The zero-order valence-electron chi connectivity index (χ0n) is 9.16. The second-order valence-corrected chi connectivity index (χ2v) is 4.51. The molecule has 0 saturated carbocycles. The molecule has 15 heavy (non-hydrogen) atoms. The molecule has 0 aromatic carbocycles. The average Bonchev–Trinajstić information content (AvgIpc) is 2.43. The summed E-state index contributed by atoms with van der Waals surface area (Å²) in [6, 6.07) is 0. The third-order valence-electron chi connectivity index (χ3n) is 1.92. The number of hydrogen-bond donors (Lipinski definition) is 1. The number of ether oxygens (including phenoxy) is 1. The van der Waals surface area contributed by atoms with Gasteiger partial charge in [0.25, 0.3) is 0 Å². The quantitative estimate of drug-likeness (QED) is 0.634. The number of hydrogen-bond acceptors (Lipinski definition) is 3. The lowest BCUT2D eigenvalue weighted by Gasteiger charge is -2.24. The second-order valence-electron chi connectivity index (χ2n) is 4.51. The minimum Gasteiger partial charge on any atom is -0.514 e. The van der Waals surface area contributed by atoms with Crippen LogP contribution in [0.5, 0.6) is 0 Å². The van der Waals surface area contributed by atoms with Gasteiger partial charge in [0.15, 0.2) is 0 Å². The molecular formula is C10H16FNO3. The lowest BCUT2D eigenvalue weighted by Crippen LogP contribution is -2.34. The highest BCUT2D eigenvalue weighted by Gasteiger charge is 2.33. The van der Waals surface area contributed by atoms with Gasteiger partial charge < -0.3 is 9.84 Å². The van der Waals surface area contributed by atoms with Gasteiger partial charge in [0.05, 0.1) is 18.5 Å². The number of aliphatic hydroxyl groups is 1. The van der Waals surface area contributed by atoms with Gasteiger partial charge >= 0.3 is 6.09 Å². The van der Waals surface area contributed by atoms with Crippen molar-refractivity contribution in [1.29, 1.82) is 0 Å². The fraction of sp³-hybridized carbons (Fsp3) is 0.700. The topological polar surface area (TPSA) is 49.8 Å². The summed E-state index contributed by atoms with van der Waals surface area (Å²) in [6.07, 6.45) is -0.946. The molecule has 4 nitrogen and oxygen atoms in total. The largest absolute Gasteiger partial charge is 0.514 e. The Bertz CT molecular complexity index is 283. The van der Waals surface area contributed by atoms with Crippen molar-refractivity contribution in [3.8, 4) is 0 Å². The van der Waals surface area contributed by atoms with Gasteiger partial charge in [0.2, 0.25) is 0 Å². The van der Waals surface area contributed by atoms with E-state index in [1.165, 1.54) is 0 Å². The number of likely N-dealkylation sites (tertiary alicyclic amines) is 1. The summed E-state index contributed by atoms with van der Waals surface area (Å²) in [5.74, 6) is 0. The van der Waals surface area contributed by atoms with E-state index in [1.807, 2.05) is 0 Å². The lowest BCUT2D eigenvalue weighted by molar-refractivity contribution is 0.0322. The average molecular weight is 217 g/mol. The van der Waals surface area contributed by atoms with Crippen LogP contribution in [0.1, 0.15) is 27.2 Å². The second kappa shape index (κ2) is 4.08. The van der Waals surface area contributed by atoms with E-state index in [0.29, 0.717) is 0 Å². The molecule has 5 heteroatoms. The normalized spacial score (nSPS) is 24.7. The maximum absolute atomic E-state index is 13.0. The Labute approximate surface area is 88.3 Å². The maximum Gasteiger partial charge on any atom is 0.414 e. The molecule has 1 aliphatic rings. The summed E-state index contributed by atoms with van der Waals surface area (Å²) in [5.41, 5.74) is -0.358. The first-order valence-electron chi connectivity index (χ1n) is 4.81. The molecule has 0 aromatic heterocycles. The summed E-state index contributed by atoms with van der Waals surface area (Å²) >= 11 is 0. The van der Waals surface area contributed by atoms with E-state index >= 15 is 0 Å². The number of carbonyl (C=O) groups is 1. The van der Waals surface area contributed by atoms with Gasteiger partial charge in [-0.05, 0) is 20.8 Å². The Morgan fingerprint density at radius 3 is 2.73 bits per heavy atom. The van der Waals surface area contributed by atoms with Gasteiger partial charge in [0.1, 0.15) is 11.8 Å². The Morgan fingerprint density at radius 1 is 1.67 bits per heavy atom. The third kappa shape index (κ3) is 3.11. The van der Waals surface area contributed by atoms with Crippen molar-refractivity contribution in [1.82, 2.24) is 4.90 Å². The monoisotopic (exact) mass is 217 g/mol. The summed E-state index contributed by atoms with van der Waals surface area (Å²) in [4.78, 5) is 12.7. The molecule has 1 rings (SSSR count). The SMILES string of the molecule is CC(C)(C)OC(=O)N1C[C@@H](F)C/C1=C\O. The molecular weight excluding hydrogens is 201 g/mol. The molecule has 86 valence electrons. The van der Waals surface area contributed by atoms with Crippen LogP contribution in [0.4, 0.5) is 9.18 Å². The van der Waals surface area contributed by atoms with Crippen molar-refractivity contribution in [3.63, 3.8) is 0 Å². The van der Waals surface area contributed by atoms with E-state index in [1.54, 1.807) is 20.8 Å². The van der Waals surface area contributed by atoms with Crippen LogP contribution in [0.2, 0.25) is 0 Å². The van der Waals surface area contributed by atoms with Crippen molar-refractivity contribution in [3.05, 3.63) is 12.0 Å². The molecule has 0 spiro atoms. The lowest BCUT2D eigenvalue weighted by atomic mass is 10.2. The Balaban J connectivity index is 2.68. The van der Waals surface area contributed by atoms with Gasteiger partial charge in [-0.2, -0.15) is 0 Å². The number of carbonyl (C=O) groups excluding carboxylic acids is 1. The summed E-state index contributed by atoms with van der Waals surface area (Å²) < 4.78 is 18.1. The number of nitrogens with zero attached hydrogens (tertiary/aromatic N) is 1. The van der Waals surface area contributed by atoms with Crippen LogP contribution in [-0.4, -0.2) is 34.4 Å². The Morgan fingerprint density at radius 2 is 2.27 bits per heavy atom. The van der Waals surface area contributed by atoms with E-state index in [9.17, 15) is 9.18 Å². The van der Waals surface area contributed by atoms with Crippen LogP contribution in [0.15, 0.2) is 12.0 Å². The highest BCUT2D eigenvalue weighted by molar-refractivity contribution is 5.71. The van der Waals surface area contributed by atoms with Crippen LogP contribution in [0.25, 0.3) is 0 Å². The third-order valence-corrected chi connectivity index (χ3v) is 1.92. The molecule has 1 fully saturated rings. The number of allylic oxidation sites excluding steroid dienone is 1. The molecule has 0 aromatic rings. The number of halogens is 1. The Kier molecular flexibility index (Phi) is 3.21. The standard InChI is InChI=1S/C10H16FNO3/c1-10(2,3)15-9(14)12-5-7(11)4-8(12)6-13/h6-7,13H,4-5H2,1-3H3/b8-6+/t7-/m0/s1. The molecule has 1 amide bonds. The molecule has 1 saturated heterocycles. The van der Waals surface area contributed by atoms with E-state index < -0.39 is 17.9 Å². The number of alkyl halides is 1. The van der Waals surface area contributed by atoms with Gasteiger partial charge in [-0.25, -0.2) is 9.18 Å². The predicted octanol–water partition coefficient (Wildman–Crippen LogP) is 2.36. The van der Waals surface area contributed by atoms with Crippen molar-refractivity contribution in [2.24, 2.45) is 0 Å². The van der Waals surface area contributed by atoms with Crippen molar-refractivity contribution >= 4 is 6.09 Å². The highest BCUT2D eigenvalue weighted by atomic mass is 19.1. The molecule has 0 aliphatic carbocycles. The highest BCUT2D eigenvalue weighted by Crippen LogP contribution is 2.25. The minimum absolute atomic E-state index is 0.0513. The number of aliphatic hydroxyl groups excluding tert-OH is 1. The summed E-state index contributed by atoms with van der Waals surface area (Å²) in [7, 11) is 0. The first-order valence-corrected chi connectivity index (χ1v) is 4.81. The van der Waals surface area contributed by atoms with Crippen LogP contribution in [0, 0.1) is 0 Å². The van der Waals surface area contributed by atoms with Crippen molar-refractivity contribution in [2.75, 3.05) is 6.54 Å². The summed E-state index contributed by atoms with van der Waals surface area (Å²) in [5, 5.41) is 8.82. The molecule has 0 radical (unpaired) electrons. The molecule has 1 N–H and O–H groups in total. The molecule has 1 atom stereocenters. The minimum atomic E-state index is -1.13. The van der Waals surface area contributed by atoms with Gasteiger partial charge in [0, 0.05) is 6.42 Å². The van der Waals surface area contributed by atoms with Crippen LogP contribution in [0.3, 0.4) is 0 Å². The van der Waals surface area contributed by atoms with E-state index in [4.69, 9.17) is 9.84 Å². The molecule has 1 aliphatic heterocycles. The fourth-order valence-electron chi connectivity index (χ4n) is 1.35. The first-order chi connectivity index (χ1) is 6.83. The Hall–Kier alpha value is -1.26. The van der Waals surface area contributed by atoms with Crippen LogP contribution in [-0.2, 0) is 4.74 Å². The summed E-state index contributed by atoms with van der Waals surface area (Å²) in [6.45, 7) is 5.14.